The van der Waals surface area contributed by atoms with Crippen LogP contribution in [0.25, 0.3) is 6.08 Å². The maximum Gasteiger partial charge on any atom is 0.332 e. The third kappa shape index (κ3) is 3.54. The maximum atomic E-state index is 13.5. The first-order valence-corrected chi connectivity index (χ1v) is 12.0. The zero-order chi connectivity index (χ0) is 26.6. The second-order valence-corrected chi connectivity index (χ2v) is 9.67. The lowest BCUT2D eigenvalue weighted by Crippen LogP contribution is -2.70. The molecule has 0 aromatic heterocycles. The van der Waals surface area contributed by atoms with Gasteiger partial charge in [-0.2, -0.15) is 0 Å². The normalized spacial score (nSPS) is 24.3. The molecule has 1 atom stereocenters. The van der Waals surface area contributed by atoms with E-state index < -0.39 is 41.1 Å². The van der Waals surface area contributed by atoms with Crippen molar-refractivity contribution in [1.82, 2.24) is 20.0 Å². The standard InChI is InChI=1S/C25H27N5O7/c1-27-21(33)25(22(34)28(2)24(27)36)13-15-11-14(6-7-17(15)29-8-4-5-18(25)29)12-16-19(31)26-23(35)30(20(16)32)9-10-37-3/h6-7,11-12,18H,4-5,8-10,13H2,1-3H3,(H,26,31,35)/b16-12+. The summed E-state index contributed by atoms with van der Waals surface area (Å²) >= 11 is 0. The number of hydrogen-bond acceptors (Lipinski definition) is 8. The van der Waals surface area contributed by atoms with E-state index in [4.69, 9.17) is 4.74 Å². The Bertz CT molecular complexity index is 1260. The number of benzene rings is 1. The van der Waals surface area contributed by atoms with Crippen molar-refractivity contribution in [1.29, 1.82) is 0 Å². The largest absolute Gasteiger partial charge is 0.383 e. The van der Waals surface area contributed by atoms with Crippen molar-refractivity contribution in [2.45, 2.75) is 25.3 Å². The van der Waals surface area contributed by atoms with Crippen LogP contribution >= 0.6 is 0 Å². The average molecular weight is 510 g/mol. The van der Waals surface area contributed by atoms with Crippen LogP contribution in [0.1, 0.15) is 24.0 Å². The summed E-state index contributed by atoms with van der Waals surface area (Å²) in [4.78, 5) is 82.0. The van der Waals surface area contributed by atoms with Crippen molar-refractivity contribution in [2.75, 3.05) is 45.8 Å². The molecule has 1 aromatic carbocycles. The highest BCUT2D eigenvalue weighted by atomic mass is 16.5. The number of ether oxygens (including phenoxy) is 1. The molecule has 4 aliphatic heterocycles. The number of barbiturate groups is 2. The Morgan fingerprint density at radius 3 is 2.46 bits per heavy atom. The number of imide groups is 4. The molecular formula is C25H27N5O7. The Balaban J connectivity index is 1.55. The number of rotatable bonds is 4. The summed E-state index contributed by atoms with van der Waals surface area (Å²) in [6.07, 6.45) is 2.90. The number of fused-ring (bicyclic) bond motifs is 4. The van der Waals surface area contributed by atoms with E-state index >= 15 is 0 Å². The topological polar surface area (TPSA) is 137 Å². The summed E-state index contributed by atoms with van der Waals surface area (Å²) < 4.78 is 4.95. The predicted octanol–water partition coefficient (Wildman–Crippen LogP) is 0.357. The van der Waals surface area contributed by atoms with Crippen molar-refractivity contribution >= 4 is 47.5 Å². The highest BCUT2D eigenvalue weighted by molar-refractivity contribution is 6.31. The molecule has 12 nitrogen and oxygen atoms in total. The molecule has 4 aliphatic rings. The zero-order valence-electron chi connectivity index (χ0n) is 20.8. The Labute approximate surface area is 212 Å². The van der Waals surface area contributed by atoms with Gasteiger partial charge in [0, 0.05) is 33.4 Å². The SMILES string of the molecule is COCCN1C(=O)NC(=O)/C(=C\c2ccc3c(c2)CC2(C(=O)N(C)C(=O)N(C)C2=O)C2CCCN32)C1=O. The molecule has 5 rings (SSSR count). The van der Waals surface area contributed by atoms with Gasteiger partial charge in [0.15, 0.2) is 5.41 Å². The van der Waals surface area contributed by atoms with E-state index in [1.807, 2.05) is 11.0 Å². The van der Waals surface area contributed by atoms with Gasteiger partial charge in [0.1, 0.15) is 5.57 Å². The summed E-state index contributed by atoms with van der Waals surface area (Å²) in [5.74, 6) is -2.60. The van der Waals surface area contributed by atoms with E-state index in [0.29, 0.717) is 24.1 Å². The number of carbonyl (C=O) groups excluding carboxylic acids is 6. The van der Waals surface area contributed by atoms with E-state index in [-0.39, 0.29) is 31.2 Å². The monoisotopic (exact) mass is 509 g/mol. The molecular weight excluding hydrogens is 482 g/mol. The number of nitrogens with one attached hydrogen (secondary N) is 1. The van der Waals surface area contributed by atoms with Crippen LogP contribution in [0.15, 0.2) is 23.8 Å². The van der Waals surface area contributed by atoms with Crippen LogP contribution in [0.2, 0.25) is 0 Å². The van der Waals surface area contributed by atoms with Crippen LogP contribution in [-0.2, 0) is 30.3 Å². The fourth-order valence-corrected chi connectivity index (χ4v) is 5.87. The molecule has 194 valence electrons. The second kappa shape index (κ2) is 8.80. The third-order valence-electron chi connectivity index (χ3n) is 7.67. The van der Waals surface area contributed by atoms with Crippen molar-refractivity contribution < 1.29 is 33.5 Å². The minimum atomic E-state index is -1.45. The molecule has 1 unspecified atom stereocenters. The van der Waals surface area contributed by atoms with Crippen molar-refractivity contribution in [3.8, 4) is 0 Å². The van der Waals surface area contributed by atoms with Gasteiger partial charge in [-0.05, 0) is 48.6 Å². The van der Waals surface area contributed by atoms with Crippen LogP contribution in [-0.4, -0.2) is 97.3 Å². The average Bonchev–Trinajstić information content (AvgIpc) is 3.38. The first kappa shape index (κ1) is 24.6. The van der Waals surface area contributed by atoms with Gasteiger partial charge in [0.2, 0.25) is 11.8 Å². The van der Waals surface area contributed by atoms with Crippen LogP contribution < -0.4 is 10.2 Å². The summed E-state index contributed by atoms with van der Waals surface area (Å²) in [6.45, 7) is 0.754. The van der Waals surface area contributed by atoms with Gasteiger partial charge < -0.3 is 9.64 Å². The fraction of sp³-hybridized carbons (Fsp3) is 0.440. The molecule has 1 N–H and O–H groups in total. The lowest BCUT2D eigenvalue weighted by molar-refractivity contribution is -0.159. The molecule has 0 bridgehead atoms. The molecule has 8 amide bonds. The Morgan fingerprint density at radius 2 is 1.78 bits per heavy atom. The van der Waals surface area contributed by atoms with Gasteiger partial charge in [-0.25, -0.2) is 9.59 Å². The Morgan fingerprint density at radius 1 is 1.08 bits per heavy atom. The van der Waals surface area contributed by atoms with Gasteiger partial charge >= 0.3 is 12.1 Å². The fourth-order valence-electron chi connectivity index (χ4n) is 5.87. The number of methoxy groups -OCH3 is 1. The van der Waals surface area contributed by atoms with Crippen LogP contribution in [0.5, 0.6) is 0 Å². The van der Waals surface area contributed by atoms with Gasteiger partial charge in [0.25, 0.3) is 11.8 Å². The highest BCUT2D eigenvalue weighted by Crippen LogP contribution is 2.49. The summed E-state index contributed by atoms with van der Waals surface area (Å²) in [5.41, 5.74) is 0.402. The second-order valence-electron chi connectivity index (χ2n) is 9.67. The van der Waals surface area contributed by atoms with Crippen LogP contribution in [0.4, 0.5) is 15.3 Å². The van der Waals surface area contributed by atoms with E-state index in [9.17, 15) is 28.8 Å². The highest BCUT2D eigenvalue weighted by Gasteiger charge is 2.63. The molecule has 0 saturated carbocycles. The van der Waals surface area contributed by atoms with Crippen molar-refractivity contribution in [3.05, 3.63) is 34.9 Å². The first-order chi connectivity index (χ1) is 17.6. The molecule has 4 heterocycles. The lowest BCUT2D eigenvalue weighted by atomic mass is 9.68. The number of urea groups is 2. The van der Waals surface area contributed by atoms with Gasteiger partial charge in [-0.1, -0.05) is 6.07 Å². The van der Waals surface area contributed by atoms with Crippen molar-refractivity contribution in [3.63, 3.8) is 0 Å². The minimum Gasteiger partial charge on any atom is -0.383 e. The van der Waals surface area contributed by atoms with Gasteiger partial charge in [-0.15, -0.1) is 0 Å². The molecule has 0 aliphatic carbocycles. The molecule has 12 heteroatoms. The first-order valence-electron chi connectivity index (χ1n) is 12.0. The van der Waals surface area contributed by atoms with Gasteiger partial charge in [-0.3, -0.25) is 39.2 Å². The molecule has 3 fully saturated rings. The smallest absolute Gasteiger partial charge is 0.332 e. The molecule has 1 spiro atoms. The van der Waals surface area contributed by atoms with E-state index in [2.05, 4.69) is 5.32 Å². The number of amides is 8. The number of nitrogens with zero attached hydrogens (tertiary/aromatic N) is 4. The Kier molecular flexibility index (Phi) is 5.86. The van der Waals surface area contributed by atoms with Gasteiger partial charge in [0.05, 0.1) is 19.2 Å². The molecule has 0 radical (unpaired) electrons. The number of carbonyl (C=O) groups is 6. The summed E-state index contributed by atoms with van der Waals surface area (Å²) in [7, 11) is 4.20. The summed E-state index contributed by atoms with van der Waals surface area (Å²) in [6, 6.07) is 3.49. The van der Waals surface area contributed by atoms with E-state index in [0.717, 1.165) is 26.8 Å². The number of hydrogen-bond donors (Lipinski definition) is 1. The van der Waals surface area contributed by atoms with Crippen molar-refractivity contribution in [2.24, 2.45) is 5.41 Å². The molecule has 1 aromatic rings. The maximum absolute atomic E-state index is 13.5. The van der Waals surface area contributed by atoms with Crippen LogP contribution in [0.3, 0.4) is 0 Å². The predicted molar refractivity (Wildman–Crippen MR) is 129 cm³/mol. The minimum absolute atomic E-state index is 0.0151. The third-order valence-corrected chi connectivity index (χ3v) is 7.67. The molecule has 3 saturated heterocycles. The quantitative estimate of drug-likeness (QED) is 0.349. The summed E-state index contributed by atoms with van der Waals surface area (Å²) in [5, 5.41) is 2.17. The molecule has 37 heavy (non-hydrogen) atoms. The van der Waals surface area contributed by atoms with E-state index in [1.54, 1.807) is 12.1 Å². The lowest BCUT2D eigenvalue weighted by Gasteiger charge is -2.50. The number of anilines is 1. The van der Waals surface area contributed by atoms with E-state index in [1.165, 1.54) is 27.3 Å². The Hall–Kier alpha value is -4.06. The zero-order valence-corrected chi connectivity index (χ0v) is 20.8. The van der Waals surface area contributed by atoms with Crippen LogP contribution in [0, 0.1) is 5.41 Å².